The molecule has 1 aliphatic heterocycles. The maximum Gasteiger partial charge on any atom is 0.490 e. The van der Waals surface area contributed by atoms with Gasteiger partial charge in [0.25, 0.3) is 15.9 Å². The van der Waals surface area contributed by atoms with Crippen molar-refractivity contribution < 1.29 is 40.7 Å². The van der Waals surface area contributed by atoms with Crippen molar-refractivity contribution in [2.45, 2.75) is 24.5 Å². The molecule has 3 aromatic carbocycles. The average molecular weight is 611 g/mol. The molecule has 1 saturated heterocycles. The molecule has 3 N–H and O–H groups in total. The fraction of sp³-hybridized carbons (Fsp3) is 0.286. The van der Waals surface area contributed by atoms with Gasteiger partial charge in [-0.2, -0.15) is 13.2 Å². The van der Waals surface area contributed by atoms with Crippen molar-refractivity contribution in [2.75, 3.05) is 42.3 Å². The van der Waals surface area contributed by atoms with Crippen LogP contribution in [0.2, 0.25) is 0 Å². The average Bonchev–Trinajstić information content (AvgIpc) is 2.96. The fourth-order valence-electron chi connectivity index (χ4n) is 4.08. The van der Waals surface area contributed by atoms with Gasteiger partial charge in [-0.05, 0) is 55.0 Å². The second kappa shape index (κ2) is 14.1. The third-order valence-corrected chi connectivity index (χ3v) is 7.59. The van der Waals surface area contributed by atoms with E-state index < -0.39 is 28.0 Å². The Morgan fingerprint density at radius 1 is 1.00 bits per heavy atom. The molecule has 0 radical (unpaired) electrons. The first-order valence-electron chi connectivity index (χ1n) is 12.8. The molecular formula is C28H30F4N4O5S. The molecule has 1 heterocycles. The molecule has 0 aliphatic carbocycles. The van der Waals surface area contributed by atoms with E-state index in [1.807, 2.05) is 37.3 Å². The number of sulfonamides is 1. The maximum atomic E-state index is 13.7. The van der Waals surface area contributed by atoms with E-state index in [1.165, 1.54) is 12.1 Å². The summed E-state index contributed by atoms with van der Waals surface area (Å²) in [5.74, 6) is -3.45. The molecule has 1 amide bonds. The van der Waals surface area contributed by atoms with E-state index in [1.54, 1.807) is 23.1 Å². The Kier molecular flexibility index (Phi) is 10.9. The van der Waals surface area contributed by atoms with Crippen LogP contribution < -0.4 is 14.9 Å². The van der Waals surface area contributed by atoms with E-state index >= 15 is 0 Å². The first-order chi connectivity index (χ1) is 19.8. The maximum absolute atomic E-state index is 13.7. The molecule has 0 atom stereocenters. The van der Waals surface area contributed by atoms with Crippen LogP contribution in [0.4, 0.5) is 28.9 Å². The van der Waals surface area contributed by atoms with Crippen LogP contribution >= 0.6 is 0 Å². The monoisotopic (exact) mass is 610 g/mol. The topological polar surface area (TPSA) is 119 Å². The molecule has 14 heteroatoms. The summed E-state index contributed by atoms with van der Waals surface area (Å²) in [7, 11) is -3.95. The number of piperazine rings is 1. The number of carboxylic acids is 1. The van der Waals surface area contributed by atoms with Crippen LogP contribution in [0.25, 0.3) is 0 Å². The van der Waals surface area contributed by atoms with Gasteiger partial charge in [-0.1, -0.05) is 30.3 Å². The SMILES string of the molecule is CCN(Cc1ccccc1)C(=O)c1cc(NS(=O)(=O)c2ccc(F)cc2)ccc1N1CCNCC1.O=C(O)C(F)(F)F. The molecule has 9 nitrogen and oxygen atoms in total. The van der Waals surface area contributed by atoms with E-state index in [0.29, 0.717) is 18.7 Å². The summed E-state index contributed by atoms with van der Waals surface area (Å²) in [6.07, 6.45) is -5.08. The Hall–Kier alpha value is -4.17. The number of hydrogen-bond donors (Lipinski definition) is 3. The highest BCUT2D eigenvalue weighted by Gasteiger charge is 2.38. The normalized spacial score (nSPS) is 13.5. The van der Waals surface area contributed by atoms with Crippen molar-refractivity contribution in [3.8, 4) is 0 Å². The third-order valence-electron chi connectivity index (χ3n) is 6.19. The van der Waals surface area contributed by atoms with E-state index in [9.17, 15) is 30.8 Å². The van der Waals surface area contributed by atoms with Crippen molar-refractivity contribution in [3.63, 3.8) is 0 Å². The van der Waals surface area contributed by atoms with Crippen molar-refractivity contribution in [1.82, 2.24) is 10.2 Å². The number of aliphatic carboxylic acids is 1. The van der Waals surface area contributed by atoms with Crippen LogP contribution in [0.15, 0.2) is 77.7 Å². The number of carboxylic acid groups (broad SMARTS) is 1. The lowest BCUT2D eigenvalue weighted by Crippen LogP contribution is -2.44. The number of anilines is 2. The molecule has 226 valence electrons. The Morgan fingerprint density at radius 2 is 1.60 bits per heavy atom. The van der Waals surface area contributed by atoms with Gasteiger partial charge in [0.05, 0.1) is 10.5 Å². The Labute approximate surface area is 240 Å². The van der Waals surface area contributed by atoms with Crippen LogP contribution in [0.5, 0.6) is 0 Å². The molecule has 1 fully saturated rings. The molecule has 0 bridgehead atoms. The van der Waals surface area contributed by atoms with Crippen LogP contribution in [0.3, 0.4) is 0 Å². The third kappa shape index (κ3) is 8.91. The minimum atomic E-state index is -5.08. The highest BCUT2D eigenvalue weighted by atomic mass is 32.2. The summed E-state index contributed by atoms with van der Waals surface area (Å²) in [6, 6.07) is 19.4. The first kappa shape index (κ1) is 32.3. The minimum absolute atomic E-state index is 0.0581. The number of halogens is 4. The van der Waals surface area contributed by atoms with Gasteiger partial charge >= 0.3 is 12.1 Å². The molecular weight excluding hydrogens is 580 g/mol. The zero-order valence-electron chi connectivity index (χ0n) is 22.6. The van der Waals surface area contributed by atoms with E-state index in [2.05, 4.69) is 14.9 Å². The molecule has 42 heavy (non-hydrogen) atoms. The summed E-state index contributed by atoms with van der Waals surface area (Å²) < 4.78 is 73.3. The Bertz CT molecular complexity index is 1460. The summed E-state index contributed by atoms with van der Waals surface area (Å²) >= 11 is 0. The van der Waals surface area contributed by atoms with Crippen LogP contribution in [-0.4, -0.2) is 69.2 Å². The van der Waals surface area contributed by atoms with E-state index in [-0.39, 0.29) is 16.5 Å². The highest BCUT2D eigenvalue weighted by molar-refractivity contribution is 7.92. The molecule has 4 rings (SSSR count). The lowest BCUT2D eigenvalue weighted by molar-refractivity contribution is -0.192. The molecule has 0 unspecified atom stereocenters. The molecule has 1 aliphatic rings. The summed E-state index contributed by atoms with van der Waals surface area (Å²) in [4.78, 5) is 26.5. The van der Waals surface area contributed by atoms with Gasteiger partial charge in [0, 0.05) is 50.6 Å². The second-order valence-corrected chi connectivity index (χ2v) is 10.8. The van der Waals surface area contributed by atoms with Crippen molar-refractivity contribution >= 4 is 33.3 Å². The van der Waals surface area contributed by atoms with Gasteiger partial charge in [0.15, 0.2) is 0 Å². The van der Waals surface area contributed by atoms with Crippen molar-refractivity contribution in [2.24, 2.45) is 0 Å². The highest BCUT2D eigenvalue weighted by Crippen LogP contribution is 2.28. The summed E-state index contributed by atoms with van der Waals surface area (Å²) in [5, 5.41) is 10.4. The van der Waals surface area contributed by atoms with Crippen LogP contribution in [-0.2, 0) is 21.4 Å². The standard InChI is InChI=1S/C26H29FN4O3S.C2HF3O2/c1-2-30(19-20-6-4-3-5-7-20)26(32)24-18-22(10-13-25(24)31-16-14-28-15-17-31)29-35(33,34)23-11-8-21(27)9-12-23;3-2(4,5)1(6)7/h3-13,18,28-29H,2,14-17,19H2,1H3;(H,6,7). The number of nitrogens with one attached hydrogen (secondary N) is 2. The minimum Gasteiger partial charge on any atom is -0.475 e. The smallest absolute Gasteiger partial charge is 0.475 e. The van der Waals surface area contributed by atoms with Gasteiger partial charge in [-0.15, -0.1) is 0 Å². The number of amides is 1. The van der Waals surface area contributed by atoms with Gasteiger partial charge in [-0.3, -0.25) is 9.52 Å². The number of alkyl halides is 3. The molecule has 3 aromatic rings. The predicted molar refractivity (Wildman–Crippen MR) is 149 cm³/mol. The predicted octanol–water partition coefficient (Wildman–Crippen LogP) is 4.33. The fourth-order valence-corrected chi connectivity index (χ4v) is 5.13. The zero-order chi connectivity index (χ0) is 30.9. The van der Waals surface area contributed by atoms with Crippen LogP contribution in [0.1, 0.15) is 22.8 Å². The number of rotatable bonds is 8. The number of carbonyl (C=O) groups is 2. The molecule has 0 spiro atoms. The summed E-state index contributed by atoms with van der Waals surface area (Å²) in [5.41, 5.74) is 2.49. The Morgan fingerprint density at radius 3 is 2.14 bits per heavy atom. The van der Waals surface area contributed by atoms with Gasteiger partial charge in [0.2, 0.25) is 0 Å². The largest absolute Gasteiger partial charge is 0.490 e. The quantitative estimate of drug-likeness (QED) is 0.325. The number of hydrogen-bond acceptors (Lipinski definition) is 6. The van der Waals surface area contributed by atoms with Crippen molar-refractivity contribution in [3.05, 3.63) is 89.7 Å². The number of benzene rings is 3. The lowest BCUT2D eigenvalue weighted by Gasteiger charge is -2.32. The summed E-state index contributed by atoms with van der Waals surface area (Å²) in [6.45, 7) is 5.95. The van der Waals surface area contributed by atoms with E-state index in [4.69, 9.17) is 9.90 Å². The number of carbonyl (C=O) groups excluding carboxylic acids is 1. The van der Waals surface area contributed by atoms with E-state index in [0.717, 1.165) is 49.6 Å². The molecule has 0 saturated carbocycles. The van der Waals surface area contributed by atoms with Crippen LogP contribution in [0, 0.1) is 5.82 Å². The zero-order valence-corrected chi connectivity index (χ0v) is 23.4. The number of nitrogens with zero attached hydrogens (tertiary/aromatic N) is 2. The van der Waals surface area contributed by atoms with Gasteiger partial charge in [-0.25, -0.2) is 17.6 Å². The Balaban J connectivity index is 0.000000616. The molecule has 0 aromatic heterocycles. The first-order valence-corrected chi connectivity index (χ1v) is 14.3. The second-order valence-electron chi connectivity index (χ2n) is 9.14. The van der Waals surface area contributed by atoms with Crippen molar-refractivity contribution in [1.29, 1.82) is 0 Å². The van der Waals surface area contributed by atoms with Gasteiger partial charge < -0.3 is 20.2 Å². The lowest BCUT2D eigenvalue weighted by atomic mass is 10.1. The van der Waals surface area contributed by atoms with Gasteiger partial charge in [0.1, 0.15) is 5.82 Å².